The molecule has 2 unspecified atom stereocenters. The fraction of sp³-hybridized carbons (Fsp3) is 0.786. The maximum atomic E-state index is 5.45. The first-order valence-corrected chi connectivity index (χ1v) is 7.53. The van der Waals surface area contributed by atoms with Crippen LogP contribution in [0, 0.1) is 5.92 Å². The smallest absolute Gasteiger partial charge is 0.124 e. The van der Waals surface area contributed by atoms with Crippen LogP contribution < -0.4 is 10.6 Å². The Hall–Kier alpha value is -1.07. The number of fused-ring (bicyclic) bond motifs is 3. The van der Waals surface area contributed by atoms with Gasteiger partial charge in [0, 0.05) is 44.2 Å². The molecule has 0 radical (unpaired) electrons. The minimum Gasteiger partial charge on any atom is -0.381 e. The largest absolute Gasteiger partial charge is 0.381 e. The summed E-state index contributed by atoms with van der Waals surface area (Å²) in [5, 5.41) is 12.0. The molecule has 1 aromatic rings. The SMILES string of the molecule is c1c(C2CCOCC2)nn2c1NCC1CNCCC12. The first-order chi connectivity index (χ1) is 9.42. The third-order valence-corrected chi connectivity index (χ3v) is 4.82. The zero-order chi connectivity index (χ0) is 12.7. The standard InChI is InChI=1S/C14H22N4O/c1-4-15-8-11-9-16-14-7-12(17-18(14)13(1)11)10-2-5-19-6-3-10/h7,10-11,13,15-16H,1-6,8-9H2. The van der Waals surface area contributed by atoms with Crippen LogP contribution in [-0.2, 0) is 4.74 Å². The van der Waals surface area contributed by atoms with Gasteiger partial charge in [0.15, 0.2) is 0 Å². The first kappa shape index (κ1) is 11.7. The molecule has 2 atom stereocenters. The van der Waals surface area contributed by atoms with E-state index >= 15 is 0 Å². The monoisotopic (exact) mass is 262 g/mol. The molecular weight excluding hydrogens is 240 g/mol. The number of aromatic nitrogens is 2. The lowest BCUT2D eigenvalue weighted by atomic mass is 9.92. The highest BCUT2D eigenvalue weighted by atomic mass is 16.5. The topological polar surface area (TPSA) is 51.1 Å². The number of rotatable bonds is 1. The van der Waals surface area contributed by atoms with Crippen LogP contribution in [0.15, 0.2) is 6.07 Å². The van der Waals surface area contributed by atoms with Crippen LogP contribution in [0.3, 0.4) is 0 Å². The Morgan fingerprint density at radius 3 is 3.00 bits per heavy atom. The fourth-order valence-corrected chi connectivity index (χ4v) is 3.67. The highest BCUT2D eigenvalue weighted by Gasteiger charge is 2.33. The van der Waals surface area contributed by atoms with Gasteiger partial charge in [-0.1, -0.05) is 0 Å². The Balaban J connectivity index is 1.61. The van der Waals surface area contributed by atoms with E-state index in [1.54, 1.807) is 0 Å². The lowest BCUT2D eigenvalue weighted by Crippen LogP contribution is -2.44. The lowest BCUT2D eigenvalue weighted by Gasteiger charge is -2.37. The summed E-state index contributed by atoms with van der Waals surface area (Å²) in [5.41, 5.74) is 1.27. The average molecular weight is 262 g/mol. The second-order valence-electron chi connectivity index (χ2n) is 5.99. The molecule has 104 valence electrons. The predicted molar refractivity (Wildman–Crippen MR) is 73.5 cm³/mol. The molecule has 0 saturated carbocycles. The second-order valence-corrected chi connectivity index (χ2v) is 5.99. The quantitative estimate of drug-likeness (QED) is 0.802. The van der Waals surface area contributed by atoms with Crippen molar-refractivity contribution in [2.45, 2.75) is 31.2 Å². The van der Waals surface area contributed by atoms with Gasteiger partial charge in [0.25, 0.3) is 0 Å². The van der Waals surface area contributed by atoms with Crippen molar-refractivity contribution >= 4 is 5.82 Å². The molecule has 0 amide bonds. The van der Waals surface area contributed by atoms with Gasteiger partial charge in [0.05, 0.1) is 11.7 Å². The Morgan fingerprint density at radius 2 is 2.11 bits per heavy atom. The summed E-state index contributed by atoms with van der Waals surface area (Å²) >= 11 is 0. The number of hydrogen-bond acceptors (Lipinski definition) is 4. The van der Waals surface area contributed by atoms with Crippen LogP contribution in [0.1, 0.15) is 36.9 Å². The first-order valence-electron chi connectivity index (χ1n) is 7.53. The van der Waals surface area contributed by atoms with Gasteiger partial charge in [0.2, 0.25) is 0 Å². The van der Waals surface area contributed by atoms with Gasteiger partial charge in [-0.2, -0.15) is 5.10 Å². The summed E-state index contributed by atoms with van der Waals surface area (Å²) in [7, 11) is 0. The molecule has 4 rings (SSSR count). The van der Waals surface area contributed by atoms with Crippen molar-refractivity contribution in [3.8, 4) is 0 Å². The molecule has 0 bridgehead atoms. The van der Waals surface area contributed by atoms with Crippen molar-refractivity contribution in [1.29, 1.82) is 0 Å². The predicted octanol–water partition coefficient (Wildman–Crippen LogP) is 1.35. The average Bonchev–Trinajstić information content (AvgIpc) is 2.93. The number of hydrogen-bond donors (Lipinski definition) is 2. The van der Waals surface area contributed by atoms with Gasteiger partial charge >= 0.3 is 0 Å². The van der Waals surface area contributed by atoms with Gasteiger partial charge in [-0.05, 0) is 25.8 Å². The molecule has 5 nitrogen and oxygen atoms in total. The maximum absolute atomic E-state index is 5.45. The summed E-state index contributed by atoms with van der Waals surface area (Å²) in [6.45, 7) is 5.08. The van der Waals surface area contributed by atoms with E-state index in [1.165, 1.54) is 17.9 Å². The second kappa shape index (κ2) is 4.80. The van der Waals surface area contributed by atoms with E-state index in [2.05, 4.69) is 21.4 Å². The molecule has 3 aliphatic heterocycles. The van der Waals surface area contributed by atoms with E-state index in [1.807, 2.05) is 0 Å². The van der Waals surface area contributed by atoms with Crippen molar-refractivity contribution in [3.63, 3.8) is 0 Å². The van der Waals surface area contributed by atoms with E-state index in [-0.39, 0.29) is 0 Å². The zero-order valence-electron chi connectivity index (χ0n) is 11.3. The van der Waals surface area contributed by atoms with E-state index in [0.717, 1.165) is 45.7 Å². The Bertz CT molecular complexity index is 452. The Labute approximate surface area is 113 Å². The lowest BCUT2D eigenvalue weighted by molar-refractivity contribution is 0.0842. The maximum Gasteiger partial charge on any atom is 0.124 e. The fourth-order valence-electron chi connectivity index (χ4n) is 3.67. The van der Waals surface area contributed by atoms with Gasteiger partial charge in [-0.15, -0.1) is 0 Å². The van der Waals surface area contributed by atoms with Gasteiger partial charge in [0.1, 0.15) is 5.82 Å². The van der Waals surface area contributed by atoms with E-state index in [9.17, 15) is 0 Å². The third-order valence-electron chi connectivity index (χ3n) is 4.82. The van der Waals surface area contributed by atoms with Gasteiger partial charge in [-0.25, -0.2) is 4.68 Å². The number of nitrogens with zero attached hydrogens (tertiary/aromatic N) is 2. The van der Waals surface area contributed by atoms with Crippen LogP contribution in [0.5, 0.6) is 0 Å². The summed E-state index contributed by atoms with van der Waals surface area (Å²) in [4.78, 5) is 0. The van der Waals surface area contributed by atoms with Crippen molar-refractivity contribution in [2.24, 2.45) is 5.92 Å². The molecule has 2 saturated heterocycles. The molecule has 4 heterocycles. The number of piperidine rings is 1. The van der Waals surface area contributed by atoms with Crippen LogP contribution >= 0.6 is 0 Å². The molecule has 2 N–H and O–H groups in total. The summed E-state index contributed by atoms with van der Waals surface area (Å²) in [6, 6.07) is 2.86. The number of nitrogens with one attached hydrogen (secondary N) is 2. The highest BCUT2D eigenvalue weighted by Crippen LogP contribution is 2.35. The summed E-state index contributed by atoms with van der Waals surface area (Å²) in [6.07, 6.45) is 3.44. The summed E-state index contributed by atoms with van der Waals surface area (Å²) < 4.78 is 7.71. The van der Waals surface area contributed by atoms with Gasteiger partial charge < -0.3 is 15.4 Å². The van der Waals surface area contributed by atoms with Crippen molar-refractivity contribution < 1.29 is 4.74 Å². The van der Waals surface area contributed by atoms with Crippen molar-refractivity contribution in [2.75, 3.05) is 38.2 Å². The van der Waals surface area contributed by atoms with E-state index in [4.69, 9.17) is 9.84 Å². The Kier molecular flexibility index (Phi) is 2.96. The zero-order valence-corrected chi connectivity index (χ0v) is 11.3. The Morgan fingerprint density at radius 1 is 1.21 bits per heavy atom. The minimum absolute atomic E-state index is 0.589. The molecule has 2 fully saturated rings. The highest BCUT2D eigenvalue weighted by molar-refractivity contribution is 5.41. The molecule has 0 spiro atoms. The van der Waals surface area contributed by atoms with Gasteiger partial charge in [-0.3, -0.25) is 0 Å². The van der Waals surface area contributed by atoms with Crippen LogP contribution in [-0.4, -0.2) is 42.6 Å². The van der Waals surface area contributed by atoms with Crippen LogP contribution in [0.25, 0.3) is 0 Å². The minimum atomic E-state index is 0.589. The third kappa shape index (κ3) is 2.05. The van der Waals surface area contributed by atoms with Crippen molar-refractivity contribution in [3.05, 3.63) is 11.8 Å². The molecule has 0 aliphatic carbocycles. The normalized spacial score (nSPS) is 31.4. The van der Waals surface area contributed by atoms with E-state index in [0.29, 0.717) is 17.9 Å². The molecular formula is C14H22N4O. The molecule has 3 aliphatic rings. The molecule has 1 aromatic heterocycles. The number of anilines is 1. The molecule has 5 heteroatoms. The van der Waals surface area contributed by atoms with Crippen LogP contribution in [0.4, 0.5) is 5.82 Å². The van der Waals surface area contributed by atoms with E-state index < -0.39 is 0 Å². The molecule has 0 aromatic carbocycles. The van der Waals surface area contributed by atoms with Crippen molar-refractivity contribution in [1.82, 2.24) is 15.1 Å². The molecule has 19 heavy (non-hydrogen) atoms. The number of ether oxygens (including phenoxy) is 1. The van der Waals surface area contributed by atoms with Crippen LogP contribution in [0.2, 0.25) is 0 Å². The summed E-state index contributed by atoms with van der Waals surface area (Å²) in [5.74, 6) is 2.50.